The number of carbonyl (C=O) groups is 1. The third-order valence-electron chi connectivity index (χ3n) is 3.57. The Bertz CT molecular complexity index is 603. The molecule has 0 amide bonds. The fourth-order valence-electron chi connectivity index (χ4n) is 2.71. The van der Waals surface area contributed by atoms with Crippen LogP contribution < -0.4 is 0 Å². The first-order valence-electron chi connectivity index (χ1n) is 7.17. The summed E-state index contributed by atoms with van der Waals surface area (Å²) in [4.78, 5) is 11.3. The van der Waals surface area contributed by atoms with Crippen LogP contribution in [0.2, 0.25) is 0 Å². The second-order valence-corrected chi connectivity index (χ2v) is 5.44. The molecule has 0 N–H and O–H groups in total. The van der Waals surface area contributed by atoms with Crippen molar-refractivity contribution in [1.82, 2.24) is 9.78 Å². The highest BCUT2D eigenvalue weighted by molar-refractivity contribution is 5.87. The summed E-state index contributed by atoms with van der Waals surface area (Å²) in [5.41, 5.74) is 6.16. The van der Waals surface area contributed by atoms with E-state index in [-0.39, 0.29) is 0 Å². The van der Waals surface area contributed by atoms with Gasteiger partial charge in [0.05, 0.1) is 5.56 Å². The van der Waals surface area contributed by atoms with Crippen LogP contribution in [0.15, 0.2) is 18.3 Å². The van der Waals surface area contributed by atoms with Gasteiger partial charge in [-0.3, -0.25) is 9.48 Å². The molecule has 1 aromatic heterocycles. The van der Waals surface area contributed by atoms with Gasteiger partial charge in [0.2, 0.25) is 0 Å². The summed E-state index contributed by atoms with van der Waals surface area (Å²) in [7, 11) is 0. The van der Waals surface area contributed by atoms with Crippen molar-refractivity contribution in [3.63, 3.8) is 0 Å². The third kappa shape index (κ3) is 2.82. The first-order valence-corrected chi connectivity index (χ1v) is 7.17. The van der Waals surface area contributed by atoms with Gasteiger partial charge in [0, 0.05) is 18.3 Å². The lowest BCUT2D eigenvalue weighted by Gasteiger charge is -2.09. The highest BCUT2D eigenvalue weighted by atomic mass is 16.1. The minimum atomic E-state index is 0.677. The Balaban J connectivity index is 2.51. The molecule has 0 aliphatic carbocycles. The van der Waals surface area contributed by atoms with Crippen molar-refractivity contribution >= 4 is 6.29 Å². The van der Waals surface area contributed by atoms with Crippen LogP contribution in [-0.4, -0.2) is 16.1 Å². The molecule has 0 bridgehead atoms. The molecule has 20 heavy (non-hydrogen) atoms. The van der Waals surface area contributed by atoms with Crippen molar-refractivity contribution in [3.05, 3.63) is 40.6 Å². The van der Waals surface area contributed by atoms with Crippen molar-refractivity contribution in [2.75, 3.05) is 0 Å². The van der Waals surface area contributed by atoms with E-state index >= 15 is 0 Å². The number of aldehydes is 1. The van der Waals surface area contributed by atoms with Gasteiger partial charge in [0.1, 0.15) is 5.69 Å². The quantitative estimate of drug-likeness (QED) is 0.767. The Labute approximate surface area is 120 Å². The Morgan fingerprint density at radius 1 is 1.20 bits per heavy atom. The first-order chi connectivity index (χ1) is 9.56. The van der Waals surface area contributed by atoms with E-state index in [2.05, 4.69) is 44.9 Å². The molecule has 3 nitrogen and oxygen atoms in total. The fourth-order valence-corrected chi connectivity index (χ4v) is 2.71. The lowest BCUT2D eigenvalue weighted by molar-refractivity contribution is 0.112. The van der Waals surface area contributed by atoms with Gasteiger partial charge in [-0.25, -0.2) is 0 Å². The topological polar surface area (TPSA) is 34.9 Å². The van der Waals surface area contributed by atoms with Crippen LogP contribution in [0.4, 0.5) is 0 Å². The van der Waals surface area contributed by atoms with Crippen LogP contribution in [0, 0.1) is 20.8 Å². The fraction of sp³-hybridized carbons (Fsp3) is 0.412. The van der Waals surface area contributed by atoms with E-state index in [0.717, 1.165) is 36.9 Å². The smallest absolute Gasteiger partial charge is 0.153 e. The summed E-state index contributed by atoms with van der Waals surface area (Å²) in [6, 6.07) is 4.28. The van der Waals surface area contributed by atoms with Gasteiger partial charge in [-0.2, -0.15) is 5.10 Å². The maximum absolute atomic E-state index is 11.3. The summed E-state index contributed by atoms with van der Waals surface area (Å²) in [5, 5.41) is 4.63. The maximum atomic E-state index is 11.3. The van der Waals surface area contributed by atoms with Gasteiger partial charge in [-0.15, -0.1) is 0 Å². The van der Waals surface area contributed by atoms with E-state index in [1.807, 2.05) is 10.9 Å². The molecule has 1 heterocycles. The van der Waals surface area contributed by atoms with Crippen LogP contribution in [-0.2, 0) is 6.54 Å². The van der Waals surface area contributed by atoms with E-state index in [0.29, 0.717) is 5.56 Å². The molecule has 0 aliphatic heterocycles. The molecular weight excluding hydrogens is 248 g/mol. The minimum absolute atomic E-state index is 0.677. The van der Waals surface area contributed by atoms with E-state index in [1.165, 1.54) is 16.7 Å². The van der Waals surface area contributed by atoms with Gasteiger partial charge >= 0.3 is 0 Å². The monoisotopic (exact) mass is 270 g/mol. The third-order valence-corrected chi connectivity index (χ3v) is 3.57. The van der Waals surface area contributed by atoms with Crippen LogP contribution >= 0.6 is 0 Å². The molecule has 0 unspecified atom stereocenters. The average Bonchev–Trinajstić information content (AvgIpc) is 2.78. The molecular formula is C17H22N2O. The summed E-state index contributed by atoms with van der Waals surface area (Å²) in [6.45, 7) is 9.26. The average molecular weight is 270 g/mol. The van der Waals surface area contributed by atoms with Crippen LogP contribution in [0.5, 0.6) is 0 Å². The molecule has 0 aliphatic rings. The Morgan fingerprint density at radius 3 is 2.40 bits per heavy atom. The number of hydrogen-bond acceptors (Lipinski definition) is 2. The van der Waals surface area contributed by atoms with Crippen molar-refractivity contribution in [2.24, 2.45) is 0 Å². The molecule has 3 heteroatoms. The molecule has 0 fully saturated rings. The summed E-state index contributed by atoms with van der Waals surface area (Å²) >= 11 is 0. The van der Waals surface area contributed by atoms with Gasteiger partial charge < -0.3 is 0 Å². The molecule has 1 aromatic carbocycles. The van der Waals surface area contributed by atoms with Gasteiger partial charge in [-0.05, 0) is 38.3 Å². The molecule has 0 atom stereocenters. The molecule has 106 valence electrons. The number of aromatic nitrogens is 2. The maximum Gasteiger partial charge on any atom is 0.153 e. The van der Waals surface area contributed by atoms with Crippen molar-refractivity contribution in [3.8, 4) is 11.3 Å². The number of unbranched alkanes of at least 4 members (excludes halogenated alkanes) is 1. The number of rotatable bonds is 5. The number of benzene rings is 1. The number of nitrogens with zero attached hydrogens (tertiary/aromatic N) is 2. The lowest BCUT2D eigenvalue weighted by atomic mass is 9.96. The zero-order valence-corrected chi connectivity index (χ0v) is 12.7. The zero-order valence-electron chi connectivity index (χ0n) is 12.7. The van der Waals surface area contributed by atoms with E-state index in [9.17, 15) is 4.79 Å². The second-order valence-electron chi connectivity index (χ2n) is 5.44. The highest BCUT2D eigenvalue weighted by Crippen LogP contribution is 2.29. The predicted molar refractivity (Wildman–Crippen MR) is 82.2 cm³/mol. The molecule has 0 saturated heterocycles. The van der Waals surface area contributed by atoms with E-state index in [4.69, 9.17) is 0 Å². The predicted octanol–water partition coefficient (Wildman–Crippen LogP) is 4.09. The van der Waals surface area contributed by atoms with Crippen molar-refractivity contribution < 1.29 is 4.79 Å². The normalized spacial score (nSPS) is 10.8. The number of carbonyl (C=O) groups excluding carboxylic acids is 1. The Kier molecular flexibility index (Phi) is 4.38. The van der Waals surface area contributed by atoms with E-state index < -0.39 is 0 Å². The van der Waals surface area contributed by atoms with E-state index in [1.54, 1.807) is 0 Å². The highest BCUT2D eigenvalue weighted by Gasteiger charge is 2.15. The van der Waals surface area contributed by atoms with Gasteiger partial charge in [0.15, 0.2) is 6.29 Å². The SMILES string of the molecule is CCCCn1cc(C=O)c(-c2c(C)cc(C)cc2C)n1. The molecule has 0 radical (unpaired) electrons. The first kappa shape index (κ1) is 14.5. The van der Waals surface area contributed by atoms with Crippen molar-refractivity contribution in [2.45, 2.75) is 47.1 Å². The Hall–Kier alpha value is -1.90. The number of aryl methyl sites for hydroxylation is 4. The molecule has 2 rings (SSSR count). The van der Waals surface area contributed by atoms with Crippen LogP contribution in [0.1, 0.15) is 46.8 Å². The largest absolute Gasteiger partial charge is 0.298 e. The zero-order chi connectivity index (χ0) is 14.7. The minimum Gasteiger partial charge on any atom is -0.298 e. The lowest BCUT2D eigenvalue weighted by Crippen LogP contribution is -1.99. The van der Waals surface area contributed by atoms with Crippen LogP contribution in [0.25, 0.3) is 11.3 Å². The van der Waals surface area contributed by atoms with Gasteiger partial charge in [-0.1, -0.05) is 31.0 Å². The molecule has 2 aromatic rings. The van der Waals surface area contributed by atoms with Crippen LogP contribution in [0.3, 0.4) is 0 Å². The summed E-state index contributed by atoms with van der Waals surface area (Å²) < 4.78 is 1.89. The summed E-state index contributed by atoms with van der Waals surface area (Å²) in [5.74, 6) is 0. The summed E-state index contributed by atoms with van der Waals surface area (Å²) in [6.07, 6.45) is 4.96. The molecule has 0 saturated carbocycles. The van der Waals surface area contributed by atoms with Gasteiger partial charge in [0.25, 0.3) is 0 Å². The van der Waals surface area contributed by atoms with Crippen molar-refractivity contribution in [1.29, 1.82) is 0 Å². The molecule has 0 spiro atoms. The standard InChI is InChI=1S/C17H22N2O/c1-5-6-7-19-10-15(11-20)17(18-19)16-13(3)8-12(2)9-14(16)4/h8-11H,5-7H2,1-4H3. The second kappa shape index (κ2) is 6.04. The Morgan fingerprint density at radius 2 is 1.85 bits per heavy atom. The number of hydrogen-bond donors (Lipinski definition) is 0.